The zero-order valence-corrected chi connectivity index (χ0v) is 15.2. The highest BCUT2D eigenvalue weighted by Crippen LogP contribution is 2.12. The molecule has 1 saturated heterocycles. The highest BCUT2D eigenvalue weighted by atomic mass is 19.1. The van der Waals surface area contributed by atoms with Crippen molar-refractivity contribution in [3.8, 4) is 0 Å². The summed E-state index contributed by atoms with van der Waals surface area (Å²) in [7, 11) is 3.32. The summed E-state index contributed by atoms with van der Waals surface area (Å²) in [6.45, 7) is 1.28. The smallest absolute Gasteiger partial charge is 0.241 e. The first kappa shape index (κ1) is 20.1. The van der Waals surface area contributed by atoms with Crippen LogP contribution in [0, 0.1) is 11.6 Å². The monoisotopic (exact) mass is 368 g/mol. The summed E-state index contributed by atoms with van der Waals surface area (Å²) in [5.74, 6) is -0.796. The Morgan fingerprint density at radius 1 is 1.31 bits per heavy atom. The van der Waals surface area contributed by atoms with Gasteiger partial charge in [0.2, 0.25) is 5.91 Å². The summed E-state index contributed by atoms with van der Waals surface area (Å²) in [5.41, 5.74) is 0.152. The maximum absolute atomic E-state index is 13.8. The van der Waals surface area contributed by atoms with Crippen LogP contribution in [0.15, 0.2) is 23.2 Å². The SMILES string of the molecule is CN(C)C(=O)CNC(=NCc1cc(F)ccc1F)NCC1CCCCO1. The lowest BCUT2D eigenvalue weighted by atomic mass is 10.1. The van der Waals surface area contributed by atoms with Crippen molar-refractivity contribution >= 4 is 11.9 Å². The van der Waals surface area contributed by atoms with Crippen LogP contribution in [0.2, 0.25) is 0 Å². The maximum atomic E-state index is 13.8. The van der Waals surface area contributed by atoms with Gasteiger partial charge in [-0.1, -0.05) is 0 Å². The van der Waals surface area contributed by atoms with Gasteiger partial charge in [-0.2, -0.15) is 0 Å². The van der Waals surface area contributed by atoms with Gasteiger partial charge in [-0.25, -0.2) is 13.8 Å². The molecule has 1 fully saturated rings. The van der Waals surface area contributed by atoms with E-state index in [1.54, 1.807) is 14.1 Å². The number of likely N-dealkylation sites (N-methyl/N-ethyl adjacent to an activating group) is 1. The predicted octanol–water partition coefficient (Wildman–Crippen LogP) is 1.66. The summed E-state index contributed by atoms with van der Waals surface area (Å²) in [6.07, 6.45) is 3.20. The van der Waals surface area contributed by atoms with Crippen LogP contribution in [0.25, 0.3) is 0 Å². The first-order chi connectivity index (χ1) is 12.5. The third kappa shape index (κ3) is 6.59. The number of hydrogen-bond acceptors (Lipinski definition) is 3. The van der Waals surface area contributed by atoms with Crippen LogP contribution >= 0.6 is 0 Å². The van der Waals surface area contributed by atoms with Crippen molar-refractivity contribution in [1.82, 2.24) is 15.5 Å². The number of carbonyl (C=O) groups excluding carboxylic acids is 1. The first-order valence-electron chi connectivity index (χ1n) is 8.73. The number of aliphatic imine (C=N–C) groups is 1. The third-order valence-electron chi connectivity index (χ3n) is 4.09. The molecule has 26 heavy (non-hydrogen) atoms. The largest absolute Gasteiger partial charge is 0.376 e. The number of carbonyl (C=O) groups is 1. The molecule has 2 rings (SSSR count). The summed E-state index contributed by atoms with van der Waals surface area (Å²) in [6, 6.07) is 3.26. The second kappa shape index (κ2) is 10.1. The molecule has 1 amide bonds. The highest BCUT2D eigenvalue weighted by molar-refractivity contribution is 5.86. The maximum Gasteiger partial charge on any atom is 0.241 e. The minimum Gasteiger partial charge on any atom is -0.376 e. The van der Waals surface area contributed by atoms with Crippen LogP contribution in [0.5, 0.6) is 0 Å². The normalized spacial score (nSPS) is 17.7. The van der Waals surface area contributed by atoms with Crippen LogP contribution in [-0.4, -0.2) is 56.7 Å². The van der Waals surface area contributed by atoms with Crippen LogP contribution in [-0.2, 0) is 16.1 Å². The molecule has 1 atom stereocenters. The number of benzene rings is 1. The number of nitrogens with one attached hydrogen (secondary N) is 2. The summed E-state index contributed by atoms with van der Waals surface area (Å²) in [4.78, 5) is 17.5. The molecule has 1 aromatic carbocycles. The lowest BCUT2D eigenvalue weighted by Gasteiger charge is -2.24. The minimum absolute atomic E-state index is 0.0411. The number of nitrogens with zero attached hydrogens (tertiary/aromatic N) is 2. The molecule has 1 heterocycles. The third-order valence-corrected chi connectivity index (χ3v) is 4.09. The van der Waals surface area contributed by atoms with E-state index >= 15 is 0 Å². The van der Waals surface area contributed by atoms with Gasteiger partial charge < -0.3 is 20.3 Å². The molecule has 0 aliphatic carbocycles. The molecule has 0 bridgehead atoms. The van der Waals surface area contributed by atoms with E-state index in [1.165, 1.54) is 4.90 Å². The molecule has 1 aromatic rings. The molecule has 2 N–H and O–H groups in total. The van der Waals surface area contributed by atoms with Crippen LogP contribution < -0.4 is 10.6 Å². The Balaban J connectivity index is 1.99. The van der Waals surface area contributed by atoms with Gasteiger partial charge in [0, 0.05) is 32.8 Å². The van der Waals surface area contributed by atoms with E-state index in [2.05, 4.69) is 15.6 Å². The average Bonchev–Trinajstić information content (AvgIpc) is 2.64. The van der Waals surface area contributed by atoms with Crippen molar-refractivity contribution in [2.75, 3.05) is 33.8 Å². The summed E-state index contributed by atoms with van der Waals surface area (Å²) >= 11 is 0. The van der Waals surface area contributed by atoms with Gasteiger partial charge in [0.25, 0.3) is 0 Å². The minimum atomic E-state index is -0.519. The standard InChI is InChI=1S/C18H26F2N4O2/c1-24(2)17(25)12-23-18(22-11-15-5-3-4-8-26-15)21-10-13-9-14(19)6-7-16(13)20/h6-7,9,15H,3-5,8,10-12H2,1-2H3,(H2,21,22,23). The second-order valence-electron chi connectivity index (χ2n) is 6.41. The van der Waals surface area contributed by atoms with Crippen LogP contribution in [0.1, 0.15) is 24.8 Å². The molecule has 1 aliphatic heterocycles. The summed E-state index contributed by atoms with van der Waals surface area (Å²) in [5, 5.41) is 6.04. The summed E-state index contributed by atoms with van der Waals surface area (Å²) < 4.78 is 32.7. The lowest BCUT2D eigenvalue weighted by Crippen LogP contribution is -2.45. The highest BCUT2D eigenvalue weighted by Gasteiger charge is 2.15. The lowest BCUT2D eigenvalue weighted by molar-refractivity contribution is -0.127. The Kier molecular flexibility index (Phi) is 7.77. The predicted molar refractivity (Wildman–Crippen MR) is 95.8 cm³/mol. The van der Waals surface area contributed by atoms with E-state index in [1.807, 2.05) is 0 Å². The number of amides is 1. The number of rotatable bonds is 6. The molecule has 1 aliphatic rings. The molecule has 0 spiro atoms. The Morgan fingerprint density at radius 2 is 2.12 bits per heavy atom. The van der Waals surface area contributed by atoms with Crippen molar-refractivity contribution in [3.05, 3.63) is 35.4 Å². The van der Waals surface area contributed by atoms with Crippen molar-refractivity contribution in [1.29, 1.82) is 0 Å². The van der Waals surface area contributed by atoms with E-state index in [9.17, 15) is 13.6 Å². The zero-order chi connectivity index (χ0) is 18.9. The molecule has 8 heteroatoms. The molecule has 0 radical (unpaired) electrons. The average molecular weight is 368 g/mol. The fourth-order valence-corrected chi connectivity index (χ4v) is 2.50. The van der Waals surface area contributed by atoms with Gasteiger partial charge in [-0.3, -0.25) is 4.79 Å². The van der Waals surface area contributed by atoms with Gasteiger partial charge in [0.15, 0.2) is 5.96 Å². The van der Waals surface area contributed by atoms with E-state index in [0.29, 0.717) is 12.5 Å². The number of halogens is 2. The molecular weight excluding hydrogens is 342 g/mol. The van der Waals surface area contributed by atoms with Crippen LogP contribution in [0.3, 0.4) is 0 Å². The quantitative estimate of drug-likeness (QED) is 0.592. The van der Waals surface area contributed by atoms with Gasteiger partial charge in [0.1, 0.15) is 11.6 Å². The second-order valence-corrected chi connectivity index (χ2v) is 6.41. The van der Waals surface area contributed by atoms with E-state index in [4.69, 9.17) is 4.74 Å². The fourth-order valence-electron chi connectivity index (χ4n) is 2.50. The Morgan fingerprint density at radius 3 is 2.81 bits per heavy atom. The Labute approximate surface area is 152 Å². The van der Waals surface area contributed by atoms with Crippen LogP contribution in [0.4, 0.5) is 8.78 Å². The van der Waals surface area contributed by atoms with Gasteiger partial charge >= 0.3 is 0 Å². The van der Waals surface area contributed by atoms with Crippen molar-refractivity contribution in [3.63, 3.8) is 0 Å². The number of hydrogen-bond donors (Lipinski definition) is 2. The van der Waals surface area contributed by atoms with E-state index in [-0.39, 0.29) is 30.7 Å². The van der Waals surface area contributed by atoms with Gasteiger partial charge in [-0.05, 0) is 37.5 Å². The first-order valence-corrected chi connectivity index (χ1v) is 8.73. The molecule has 144 valence electrons. The Bertz CT molecular complexity index is 632. The molecule has 0 saturated carbocycles. The fraction of sp³-hybridized carbons (Fsp3) is 0.556. The van der Waals surface area contributed by atoms with Gasteiger partial charge in [0.05, 0.1) is 19.2 Å². The molecule has 6 nitrogen and oxygen atoms in total. The van der Waals surface area contributed by atoms with Crippen molar-refractivity contribution in [2.45, 2.75) is 31.9 Å². The van der Waals surface area contributed by atoms with Crippen molar-refractivity contribution in [2.24, 2.45) is 4.99 Å². The Hall–Kier alpha value is -2.22. The van der Waals surface area contributed by atoms with Crippen molar-refractivity contribution < 1.29 is 18.3 Å². The number of ether oxygens (including phenoxy) is 1. The zero-order valence-electron chi connectivity index (χ0n) is 15.2. The molecular formula is C18H26F2N4O2. The topological polar surface area (TPSA) is 66.0 Å². The molecule has 0 aromatic heterocycles. The van der Waals surface area contributed by atoms with E-state index < -0.39 is 11.6 Å². The molecule has 1 unspecified atom stereocenters. The van der Waals surface area contributed by atoms with Gasteiger partial charge in [-0.15, -0.1) is 0 Å². The number of guanidine groups is 1. The van der Waals surface area contributed by atoms with E-state index in [0.717, 1.165) is 44.1 Å².